The minimum atomic E-state index is -4.43. The van der Waals surface area contributed by atoms with Crippen LogP contribution in [-0.2, 0) is 12.7 Å². The van der Waals surface area contributed by atoms with E-state index in [0.29, 0.717) is 37.3 Å². The lowest BCUT2D eigenvalue weighted by molar-refractivity contribution is -0.137. The number of halogens is 4. The van der Waals surface area contributed by atoms with Crippen molar-refractivity contribution >= 4 is 5.91 Å². The highest BCUT2D eigenvalue weighted by Gasteiger charge is 2.38. The monoisotopic (exact) mass is 488 g/mol. The molecule has 0 radical (unpaired) electrons. The molecule has 1 amide bonds. The van der Waals surface area contributed by atoms with E-state index in [-0.39, 0.29) is 23.8 Å². The maximum atomic E-state index is 13.4. The summed E-state index contributed by atoms with van der Waals surface area (Å²) in [4.78, 5) is 17.1. The molecule has 35 heavy (non-hydrogen) atoms. The van der Waals surface area contributed by atoms with E-state index in [0.717, 1.165) is 11.8 Å². The molecule has 0 N–H and O–H groups in total. The van der Waals surface area contributed by atoms with Gasteiger partial charge in [-0.25, -0.2) is 4.39 Å². The number of hydrogen-bond acceptors (Lipinski definition) is 3. The van der Waals surface area contributed by atoms with Crippen molar-refractivity contribution in [1.29, 1.82) is 0 Å². The predicted octanol–water partition coefficient (Wildman–Crippen LogP) is 6.20. The Morgan fingerprint density at radius 3 is 2.46 bits per heavy atom. The molecule has 8 heteroatoms. The van der Waals surface area contributed by atoms with Crippen LogP contribution in [0.15, 0.2) is 71.3 Å². The molecule has 2 atom stereocenters. The summed E-state index contributed by atoms with van der Waals surface area (Å²) in [6.45, 7) is 5.84. The summed E-state index contributed by atoms with van der Waals surface area (Å²) in [6.07, 6.45) is -2.84. The number of benzene rings is 2. The summed E-state index contributed by atoms with van der Waals surface area (Å²) in [5.41, 5.74) is 0.298. The zero-order valence-corrected chi connectivity index (χ0v) is 19.6. The topological polar surface area (TPSA) is 36.7 Å². The van der Waals surface area contributed by atoms with Gasteiger partial charge in [0.2, 0.25) is 0 Å². The molecule has 0 spiro atoms. The second-order valence-electron chi connectivity index (χ2n) is 9.32. The van der Waals surface area contributed by atoms with Crippen molar-refractivity contribution in [2.75, 3.05) is 19.6 Å². The smallest absolute Gasteiger partial charge is 0.416 e. The van der Waals surface area contributed by atoms with Crippen molar-refractivity contribution in [1.82, 2.24) is 9.80 Å². The fourth-order valence-electron chi connectivity index (χ4n) is 4.76. The molecule has 4 rings (SSSR count). The lowest BCUT2D eigenvalue weighted by Gasteiger charge is -2.32. The molecular weight excluding hydrogens is 460 g/mol. The molecule has 0 saturated carbocycles. The molecular formula is C27H28F4N2O2. The van der Waals surface area contributed by atoms with E-state index in [4.69, 9.17) is 4.42 Å². The first-order valence-electron chi connectivity index (χ1n) is 11.6. The normalized spacial score (nSPS) is 18.8. The average molecular weight is 489 g/mol. The SMILES string of the molecule is CC(C)N(CC1CN(Cc2ccco2)CC1c1cccc(C(F)(F)F)c1)C(=O)c1ccc(F)cc1. The Hall–Kier alpha value is -3.13. The molecule has 2 aromatic carbocycles. The number of carbonyl (C=O) groups excluding carboxylic acids is 1. The fourth-order valence-corrected chi connectivity index (χ4v) is 4.76. The average Bonchev–Trinajstić information content (AvgIpc) is 3.47. The van der Waals surface area contributed by atoms with Gasteiger partial charge in [0.25, 0.3) is 5.91 Å². The molecule has 3 aromatic rings. The van der Waals surface area contributed by atoms with Crippen molar-refractivity contribution in [3.63, 3.8) is 0 Å². The van der Waals surface area contributed by atoms with E-state index < -0.39 is 17.6 Å². The van der Waals surface area contributed by atoms with Gasteiger partial charge in [-0.05, 0) is 67.8 Å². The number of nitrogens with zero attached hydrogens (tertiary/aromatic N) is 2. The lowest BCUT2D eigenvalue weighted by atomic mass is 9.87. The van der Waals surface area contributed by atoms with Crippen molar-refractivity contribution in [3.8, 4) is 0 Å². The molecule has 2 unspecified atom stereocenters. The zero-order chi connectivity index (χ0) is 25.2. The molecule has 1 aliphatic rings. The zero-order valence-electron chi connectivity index (χ0n) is 19.6. The highest BCUT2D eigenvalue weighted by atomic mass is 19.4. The van der Waals surface area contributed by atoms with Gasteiger partial charge in [0.1, 0.15) is 11.6 Å². The number of hydrogen-bond donors (Lipinski definition) is 0. The van der Waals surface area contributed by atoms with Gasteiger partial charge < -0.3 is 9.32 Å². The Morgan fingerprint density at radius 2 is 1.83 bits per heavy atom. The minimum absolute atomic E-state index is 0.0970. The van der Waals surface area contributed by atoms with Gasteiger partial charge in [-0.15, -0.1) is 0 Å². The molecule has 4 nitrogen and oxygen atoms in total. The number of carbonyl (C=O) groups is 1. The summed E-state index contributed by atoms with van der Waals surface area (Å²) in [5, 5.41) is 0. The summed E-state index contributed by atoms with van der Waals surface area (Å²) >= 11 is 0. The van der Waals surface area contributed by atoms with E-state index in [1.807, 2.05) is 19.9 Å². The van der Waals surface area contributed by atoms with Crippen LogP contribution in [0, 0.1) is 11.7 Å². The van der Waals surface area contributed by atoms with Gasteiger partial charge in [-0.3, -0.25) is 9.69 Å². The molecule has 186 valence electrons. The summed E-state index contributed by atoms with van der Waals surface area (Å²) in [7, 11) is 0. The first-order valence-corrected chi connectivity index (χ1v) is 11.6. The van der Waals surface area contributed by atoms with E-state index in [1.54, 1.807) is 23.3 Å². The van der Waals surface area contributed by atoms with Crippen LogP contribution in [0.25, 0.3) is 0 Å². The third-order valence-electron chi connectivity index (χ3n) is 6.52. The van der Waals surface area contributed by atoms with Crippen LogP contribution in [0.2, 0.25) is 0 Å². The van der Waals surface area contributed by atoms with Crippen LogP contribution in [-0.4, -0.2) is 41.4 Å². The Bertz CT molecular complexity index is 1130. The van der Waals surface area contributed by atoms with E-state index in [9.17, 15) is 22.4 Å². The Balaban J connectivity index is 1.61. The van der Waals surface area contributed by atoms with E-state index in [1.165, 1.54) is 36.4 Å². The highest BCUT2D eigenvalue weighted by Crippen LogP contribution is 2.37. The summed E-state index contributed by atoms with van der Waals surface area (Å²) in [6, 6.07) is 14.4. The molecule has 1 saturated heterocycles. The van der Waals surface area contributed by atoms with Gasteiger partial charge in [-0.2, -0.15) is 13.2 Å². The molecule has 1 fully saturated rings. The number of rotatable bonds is 7. The maximum Gasteiger partial charge on any atom is 0.416 e. The minimum Gasteiger partial charge on any atom is -0.468 e. The molecule has 1 aliphatic heterocycles. The molecule has 0 aliphatic carbocycles. The number of likely N-dealkylation sites (tertiary alicyclic amines) is 1. The summed E-state index contributed by atoms with van der Waals surface area (Å²) in [5.74, 6) is -0.176. The van der Waals surface area contributed by atoms with Crippen LogP contribution in [0.4, 0.5) is 17.6 Å². The number of furan rings is 1. The quantitative estimate of drug-likeness (QED) is 0.372. The lowest BCUT2D eigenvalue weighted by Crippen LogP contribution is -2.42. The van der Waals surface area contributed by atoms with Crippen LogP contribution in [0.5, 0.6) is 0 Å². The Kier molecular flexibility index (Phi) is 7.31. The molecule has 2 heterocycles. The summed E-state index contributed by atoms with van der Waals surface area (Å²) < 4.78 is 59.1. The number of amides is 1. The second-order valence-corrected chi connectivity index (χ2v) is 9.32. The van der Waals surface area contributed by atoms with Gasteiger partial charge in [0, 0.05) is 37.2 Å². The van der Waals surface area contributed by atoms with Gasteiger partial charge >= 0.3 is 6.18 Å². The van der Waals surface area contributed by atoms with Gasteiger partial charge in [-0.1, -0.05) is 18.2 Å². The largest absolute Gasteiger partial charge is 0.468 e. The Labute approximate surface area is 202 Å². The van der Waals surface area contributed by atoms with Crippen molar-refractivity contribution in [2.24, 2.45) is 5.92 Å². The van der Waals surface area contributed by atoms with E-state index in [2.05, 4.69) is 4.90 Å². The standard InChI is InChI=1S/C27H28F4N2O2/c1-18(2)33(26(34)19-8-10-23(28)11-9-19)15-21-14-32(16-24-7-4-12-35-24)17-25(21)20-5-3-6-22(13-20)27(29,30)31/h3-13,18,21,25H,14-17H2,1-2H3. The predicted molar refractivity (Wildman–Crippen MR) is 124 cm³/mol. The Morgan fingerprint density at radius 1 is 1.09 bits per heavy atom. The first-order chi connectivity index (χ1) is 16.6. The van der Waals surface area contributed by atoms with Crippen molar-refractivity contribution < 1.29 is 26.8 Å². The number of alkyl halides is 3. The third-order valence-corrected chi connectivity index (χ3v) is 6.52. The first kappa shape index (κ1) is 25.0. The van der Waals surface area contributed by atoms with Crippen LogP contribution >= 0.6 is 0 Å². The van der Waals surface area contributed by atoms with Crippen LogP contribution in [0.3, 0.4) is 0 Å². The van der Waals surface area contributed by atoms with Crippen molar-refractivity contribution in [2.45, 2.75) is 38.5 Å². The third kappa shape index (κ3) is 5.93. The second kappa shape index (κ2) is 10.2. The molecule has 1 aromatic heterocycles. The van der Waals surface area contributed by atoms with Crippen LogP contribution in [0.1, 0.15) is 47.0 Å². The van der Waals surface area contributed by atoms with Gasteiger partial charge in [0.15, 0.2) is 0 Å². The van der Waals surface area contributed by atoms with E-state index >= 15 is 0 Å². The van der Waals surface area contributed by atoms with Crippen LogP contribution < -0.4 is 0 Å². The highest BCUT2D eigenvalue weighted by molar-refractivity contribution is 5.94. The molecule has 0 bridgehead atoms. The maximum absolute atomic E-state index is 13.4. The fraction of sp³-hybridized carbons (Fsp3) is 0.370. The van der Waals surface area contributed by atoms with Crippen molar-refractivity contribution in [3.05, 3.63) is 95.2 Å². The van der Waals surface area contributed by atoms with Gasteiger partial charge in [0.05, 0.1) is 18.4 Å².